The van der Waals surface area contributed by atoms with Crippen molar-refractivity contribution in [3.05, 3.63) is 53.1 Å². The molecule has 3 aliphatic carbocycles. The molecule has 0 unspecified atom stereocenters. The van der Waals surface area contributed by atoms with Crippen LogP contribution in [-0.2, 0) is 15.8 Å². The van der Waals surface area contributed by atoms with Gasteiger partial charge in [0.25, 0.3) is 0 Å². The van der Waals surface area contributed by atoms with Crippen molar-refractivity contribution in [1.82, 2.24) is 0 Å². The molecule has 2 saturated carbocycles. The molecule has 1 aliphatic heterocycles. The van der Waals surface area contributed by atoms with Gasteiger partial charge in [-0.2, -0.15) is 13.2 Å². The molecule has 28 heavy (non-hydrogen) atoms. The van der Waals surface area contributed by atoms with Gasteiger partial charge in [-0.25, -0.2) is 4.90 Å². The third-order valence-electron chi connectivity index (χ3n) is 6.71. The second-order valence-electron chi connectivity index (χ2n) is 8.17. The fourth-order valence-corrected chi connectivity index (χ4v) is 5.58. The number of alkyl halides is 3. The maximum atomic E-state index is 13.1. The Kier molecular flexibility index (Phi) is 3.83. The number of nitrogens with zero attached hydrogens (tertiary/aromatic N) is 1. The van der Waals surface area contributed by atoms with Gasteiger partial charge in [0.05, 0.1) is 23.1 Å². The summed E-state index contributed by atoms with van der Waals surface area (Å²) >= 11 is 0. The summed E-state index contributed by atoms with van der Waals surface area (Å²) in [6.07, 6.45) is 5.11. The zero-order valence-corrected chi connectivity index (χ0v) is 15.2. The molecule has 1 saturated heterocycles. The normalized spacial score (nSPS) is 31.9. The first-order chi connectivity index (χ1) is 13.4. The first-order valence-electron chi connectivity index (χ1n) is 9.83. The van der Waals surface area contributed by atoms with Crippen molar-refractivity contribution in [2.24, 2.45) is 23.7 Å². The van der Waals surface area contributed by atoms with E-state index in [4.69, 9.17) is 0 Å². The smallest absolute Gasteiger partial charge is 0.274 e. The highest BCUT2D eigenvalue weighted by atomic mass is 19.4. The molecule has 0 aromatic heterocycles. The molecule has 2 amide bonds. The molecule has 0 N–H and O–H groups in total. The first kappa shape index (κ1) is 17.7. The summed E-state index contributed by atoms with van der Waals surface area (Å²) in [6.45, 7) is 0. The Morgan fingerprint density at radius 1 is 0.893 bits per heavy atom. The van der Waals surface area contributed by atoms with E-state index in [9.17, 15) is 22.8 Å². The van der Waals surface area contributed by atoms with Crippen LogP contribution in [0.25, 0.3) is 0 Å². The van der Waals surface area contributed by atoms with E-state index < -0.39 is 23.6 Å². The maximum Gasteiger partial charge on any atom is 0.416 e. The van der Waals surface area contributed by atoms with Crippen LogP contribution in [0.1, 0.15) is 37.7 Å². The molecule has 4 atom stereocenters. The summed E-state index contributed by atoms with van der Waals surface area (Å²) in [5.41, 5.74) is 1.81. The number of imide groups is 1. The minimum absolute atomic E-state index is 0.0190. The number of carbonyl (C=O) groups excluding carboxylic acids is 2. The van der Waals surface area contributed by atoms with Gasteiger partial charge in [0.1, 0.15) is 0 Å². The first-order valence-corrected chi connectivity index (χ1v) is 9.83. The Labute approximate surface area is 160 Å². The average molecular weight is 387 g/mol. The predicted molar refractivity (Wildman–Crippen MR) is 97.1 cm³/mol. The van der Waals surface area contributed by atoms with E-state index in [1.165, 1.54) is 29.7 Å². The second-order valence-corrected chi connectivity index (χ2v) is 8.17. The van der Waals surface area contributed by atoms with E-state index in [1.54, 1.807) is 0 Å². The predicted octanol–water partition coefficient (Wildman–Crippen LogP) is 4.89. The minimum atomic E-state index is -4.52. The fourth-order valence-electron chi connectivity index (χ4n) is 5.58. The lowest BCUT2D eigenvalue weighted by Gasteiger charge is -2.23. The molecule has 1 aromatic carbocycles. The topological polar surface area (TPSA) is 37.4 Å². The lowest BCUT2D eigenvalue weighted by atomic mass is 9.85. The summed E-state index contributed by atoms with van der Waals surface area (Å²) < 4.78 is 39.2. The molecule has 0 spiro atoms. The molecule has 5 rings (SSSR count). The quantitative estimate of drug-likeness (QED) is 0.508. The molecule has 0 radical (unpaired) electrons. The highest BCUT2D eigenvalue weighted by Gasteiger charge is 2.62. The van der Waals surface area contributed by atoms with Gasteiger partial charge < -0.3 is 0 Å². The van der Waals surface area contributed by atoms with E-state index >= 15 is 0 Å². The molecular formula is C22H20F3NO2. The molecule has 6 heteroatoms. The monoisotopic (exact) mass is 387 g/mol. The van der Waals surface area contributed by atoms with Crippen molar-refractivity contribution in [2.75, 3.05) is 4.90 Å². The molecule has 3 fully saturated rings. The van der Waals surface area contributed by atoms with E-state index in [2.05, 4.69) is 0 Å². The van der Waals surface area contributed by atoms with Crippen molar-refractivity contribution < 1.29 is 22.8 Å². The van der Waals surface area contributed by atoms with Crippen LogP contribution in [0.4, 0.5) is 18.9 Å². The number of hydrogen-bond donors (Lipinski definition) is 0. The lowest BCUT2D eigenvalue weighted by molar-refractivity contribution is -0.137. The van der Waals surface area contributed by atoms with Gasteiger partial charge in [-0.05, 0) is 43.9 Å². The Bertz CT molecular complexity index is 888. The van der Waals surface area contributed by atoms with E-state index in [-0.39, 0.29) is 29.3 Å². The zero-order valence-electron chi connectivity index (χ0n) is 15.2. The van der Waals surface area contributed by atoms with Crippen molar-refractivity contribution in [3.8, 4) is 0 Å². The van der Waals surface area contributed by atoms with Crippen molar-refractivity contribution in [1.29, 1.82) is 0 Å². The van der Waals surface area contributed by atoms with Gasteiger partial charge in [0, 0.05) is 11.8 Å². The number of amides is 2. The van der Waals surface area contributed by atoms with E-state index in [1.807, 2.05) is 12.2 Å². The maximum absolute atomic E-state index is 13.1. The van der Waals surface area contributed by atoms with Crippen LogP contribution in [-0.4, -0.2) is 11.8 Å². The fraction of sp³-hybridized carbons (Fsp3) is 0.455. The highest BCUT2D eigenvalue weighted by molar-refractivity contribution is 6.23. The lowest BCUT2D eigenvalue weighted by Crippen LogP contribution is -2.33. The van der Waals surface area contributed by atoms with Crippen LogP contribution in [0.2, 0.25) is 0 Å². The third-order valence-corrected chi connectivity index (χ3v) is 6.71. The SMILES string of the molecule is O=C1[C@@H]2[C@H](C(=O)N1c1cccc(C(F)(F)F)c1)[C@H]1C=C[C@H]2C1=C1CCCCC1. The molecular weight excluding hydrogens is 367 g/mol. The Morgan fingerprint density at radius 3 is 2.07 bits per heavy atom. The number of carbonyl (C=O) groups is 2. The molecule has 146 valence electrons. The van der Waals surface area contributed by atoms with Crippen molar-refractivity contribution in [2.45, 2.75) is 38.3 Å². The number of anilines is 1. The zero-order chi connectivity index (χ0) is 19.6. The number of benzene rings is 1. The van der Waals surface area contributed by atoms with Gasteiger partial charge in [-0.15, -0.1) is 0 Å². The van der Waals surface area contributed by atoms with Crippen LogP contribution in [0.5, 0.6) is 0 Å². The number of halogens is 3. The third kappa shape index (κ3) is 2.43. The van der Waals surface area contributed by atoms with E-state index in [0.29, 0.717) is 0 Å². The number of allylic oxidation sites excluding steroid dienone is 4. The van der Waals surface area contributed by atoms with Gasteiger partial charge in [-0.1, -0.05) is 35.8 Å². The van der Waals surface area contributed by atoms with Crippen LogP contribution < -0.4 is 4.90 Å². The van der Waals surface area contributed by atoms with Crippen LogP contribution in [0.3, 0.4) is 0 Å². The molecule has 3 nitrogen and oxygen atoms in total. The van der Waals surface area contributed by atoms with Gasteiger partial charge in [-0.3, -0.25) is 9.59 Å². The molecule has 1 heterocycles. The van der Waals surface area contributed by atoms with Crippen molar-refractivity contribution >= 4 is 17.5 Å². The summed E-state index contributed by atoms with van der Waals surface area (Å²) in [7, 11) is 0. The minimum Gasteiger partial charge on any atom is -0.274 e. The van der Waals surface area contributed by atoms with E-state index in [0.717, 1.165) is 42.7 Å². The number of hydrogen-bond acceptors (Lipinski definition) is 2. The van der Waals surface area contributed by atoms with Gasteiger partial charge in [0.2, 0.25) is 11.8 Å². The second kappa shape index (κ2) is 6.06. The number of rotatable bonds is 1. The molecule has 4 aliphatic rings. The largest absolute Gasteiger partial charge is 0.416 e. The summed E-state index contributed by atoms with van der Waals surface area (Å²) in [5.74, 6) is -1.81. The Hall–Kier alpha value is -2.37. The highest BCUT2D eigenvalue weighted by Crippen LogP contribution is 2.58. The van der Waals surface area contributed by atoms with Crippen LogP contribution >= 0.6 is 0 Å². The van der Waals surface area contributed by atoms with Gasteiger partial charge in [0.15, 0.2) is 0 Å². The summed E-state index contributed by atoms with van der Waals surface area (Å²) in [5, 5.41) is 0. The Morgan fingerprint density at radius 2 is 1.50 bits per heavy atom. The van der Waals surface area contributed by atoms with Gasteiger partial charge >= 0.3 is 6.18 Å². The van der Waals surface area contributed by atoms with Crippen LogP contribution in [0, 0.1) is 23.7 Å². The summed E-state index contributed by atoms with van der Waals surface area (Å²) in [6, 6.07) is 4.50. The molecule has 2 bridgehead atoms. The average Bonchev–Trinajstić information content (AvgIpc) is 3.31. The summed E-state index contributed by atoms with van der Waals surface area (Å²) in [4.78, 5) is 27.3. The Balaban J connectivity index is 1.51. The van der Waals surface area contributed by atoms with Crippen LogP contribution in [0.15, 0.2) is 47.6 Å². The van der Waals surface area contributed by atoms with Crippen molar-refractivity contribution in [3.63, 3.8) is 0 Å². The number of fused-ring (bicyclic) bond motifs is 5. The molecule has 1 aromatic rings. The standard InChI is InChI=1S/C22H20F3NO2/c23-22(24,25)13-7-4-8-14(11-13)26-20(27)18-15-9-10-16(19(18)21(26)28)17(15)12-5-2-1-3-6-12/h4,7-11,15-16,18-19H,1-3,5-6H2/t15-,16-,18-,19+/m0/s1.